The van der Waals surface area contributed by atoms with E-state index >= 15 is 0 Å². The molecule has 2 aromatic carbocycles. The minimum atomic E-state index is 0.617. The monoisotopic (exact) mass is 420 g/mol. The van der Waals surface area contributed by atoms with Crippen molar-refractivity contribution in [1.82, 2.24) is 14.9 Å². The van der Waals surface area contributed by atoms with Crippen LogP contribution in [-0.4, -0.2) is 55.3 Å². The van der Waals surface area contributed by atoms with Crippen molar-refractivity contribution in [2.45, 2.75) is 13.8 Å². The molecule has 162 valence electrons. The molecule has 1 N–H and O–H groups in total. The summed E-state index contributed by atoms with van der Waals surface area (Å²) in [7, 11) is 3.28. The molecule has 0 aliphatic rings. The molecule has 0 saturated heterocycles. The fourth-order valence-electron chi connectivity index (χ4n) is 3.86. The molecule has 0 radical (unpaired) electrons. The highest BCUT2D eigenvalue weighted by Gasteiger charge is 2.16. The number of nitrogens with zero attached hydrogens (tertiary/aromatic N) is 3. The fraction of sp³-hybridized carbons (Fsp3) is 0.333. The maximum atomic E-state index is 5.84. The Morgan fingerprint density at radius 2 is 1.68 bits per heavy atom. The number of anilines is 1. The van der Waals surface area contributed by atoms with E-state index in [1.54, 1.807) is 20.5 Å². The molecule has 0 atom stereocenters. The van der Waals surface area contributed by atoms with Gasteiger partial charge >= 0.3 is 0 Å². The van der Waals surface area contributed by atoms with Crippen LogP contribution in [0.25, 0.3) is 32.9 Å². The van der Waals surface area contributed by atoms with Crippen LogP contribution in [0.2, 0.25) is 0 Å². The molecule has 0 amide bonds. The van der Waals surface area contributed by atoms with Gasteiger partial charge in [0.15, 0.2) is 11.5 Å². The summed E-state index contributed by atoms with van der Waals surface area (Å²) in [6, 6.07) is 8.00. The van der Waals surface area contributed by atoms with Gasteiger partial charge in [-0.3, -0.25) is 0 Å². The lowest BCUT2D eigenvalue weighted by Crippen LogP contribution is -2.28. The van der Waals surface area contributed by atoms with Crippen molar-refractivity contribution >= 4 is 27.7 Å². The molecule has 0 aliphatic carbocycles. The second-order valence-corrected chi connectivity index (χ2v) is 7.27. The number of fused-ring (bicyclic) bond motifs is 2. The van der Waals surface area contributed by atoms with E-state index in [0.717, 1.165) is 59.0 Å². The fourth-order valence-corrected chi connectivity index (χ4v) is 3.86. The van der Waals surface area contributed by atoms with Crippen LogP contribution >= 0.6 is 0 Å². The van der Waals surface area contributed by atoms with Crippen LogP contribution < -0.4 is 14.8 Å². The van der Waals surface area contributed by atoms with E-state index in [2.05, 4.69) is 40.1 Å². The van der Waals surface area contributed by atoms with Gasteiger partial charge in [0.2, 0.25) is 5.95 Å². The zero-order chi connectivity index (χ0) is 21.8. The lowest BCUT2D eigenvalue weighted by atomic mass is 9.97. The zero-order valence-corrected chi connectivity index (χ0v) is 18.4. The SMILES string of the molecule is CCN(CC)CCNc1ncc(-c2c3cc(OC)c(OC)cc3cc3ccoc23)cn1. The number of hydrogen-bond donors (Lipinski definition) is 1. The van der Waals surface area contributed by atoms with Crippen LogP contribution in [-0.2, 0) is 0 Å². The van der Waals surface area contributed by atoms with Crippen LogP contribution in [0, 0.1) is 0 Å². The average molecular weight is 421 g/mol. The Balaban J connectivity index is 1.71. The van der Waals surface area contributed by atoms with Gasteiger partial charge in [0, 0.05) is 42.0 Å². The molecule has 0 saturated carbocycles. The molecule has 7 nitrogen and oxygen atoms in total. The van der Waals surface area contributed by atoms with E-state index < -0.39 is 0 Å². The first-order chi connectivity index (χ1) is 15.2. The number of rotatable bonds is 9. The van der Waals surface area contributed by atoms with Crippen molar-refractivity contribution in [3.63, 3.8) is 0 Å². The second kappa shape index (κ2) is 9.22. The maximum absolute atomic E-state index is 5.84. The molecule has 0 bridgehead atoms. The summed E-state index contributed by atoms with van der Waals surface area (Å²) in [5, 5.41) is 6.33. The number of hydrogen-bond acceptors (Lipinski definition) is 7. The third-order valence-electron chi connectivity index (χ3n) is 5.60. The standard InChI is InChI=1S/C24H28N4O3/c1-5-28(6-2)9-8-25-24-26-14-18(15-27-24)22-19-13-21(30-4)20(29-3)12-17(19)11-16-7-10-31-23(16)22/h7,10-15H,5-6,8-9H2,1-4H3,(H,25,26,27). The summed E-state index contributed by atoms with van der Waals surface area (Å²) in [4.78, 5) is 11.4. The first kappa shape index (κ1) is 20.9. The van der Waals surface area contributed by atoms with Gasteiger partial charge in [0.05, 0.1) is 20.5 Å². The Kier molecular flexibility index (Phi) is 6.23. The van der Waals surface area contributed by atoms with E-state index in [4.69, 9.17) is 13.9 Å². The van der Waals surface area contributed by atoms with Crippen molar-refractivity contribution < 1.29 is 13.9 Å². The Labute approximate surface area is 182 Å². The summed E-state index contributed by atoms with van der Waals surface area (Å²) in [5.74, 6) is 1.97. The Bertz CT molecular complexity index is 1170. The number of benzene rings is 2. The van der Waals surface area contributed by atoms with Gasteiger partial charge in [0.1, 0.15) is 5.58 Å². The van der Waals surface area contributed by atoms with Crippen LogP contribution in [0.1, 0.15) is 13.8 Å². The molecule has 2 heterocycles. The smallest absolute Gasteiger partial charge is 0.222 e. The molecule has 0 aliphatic heterocycles. The van der Waals surface area contributed by atoms with Gasteiger partial charge in [-0.25, -0.2) is 9.97 Å². The minimum absolute atomic E-state index is 0.617. The van der Waals surface area contributed by atoms with Crippen LogP contribution in [0.3, 0.4) is 0 Å². The number of aromatic nitrogens is 2. The molecule has 4 rings (SSSR count). The summed E-state index contributed by atoms with van der Waals surface area (Å²) < 4.78 is 16.9. The van der Waals surface area contributed by atoms with Crippen LogP contribution in [0.15, 0.2) is 47.3 Å². The molecule has 0 fully saturated rings. The van der Waals surface area contributed by atoms with E-state index in [1.807, 2.05) is 30.6 Å². The summed E-state index contributed by atoms with van der Waals surface area (Å²) >= 11 is 0. The van der Waals surface area contributed by atoms with Crippen molar-refractivity contribution in [3.05, 3.63) is 42.9 Å². The Morgan fingerprint density at radius 3 is 2.35 bits per heavy atom. The zero-order valence-electron chi connectivity index (χ0n) is 18.4. The highest BCUT2D eigenvalue weighted by Crippen LogP contribution is 2.41. The second-order valence-electron chi connectivity index (χ2n) is 7.27. The van der Waals surface area contributed by atoms with Crippen molar-refractivity contribution in [3.8, 4) is 22.6 Å². The van der Waals surface area contributed by atoms with Crippen molar-refractivity contribution in [2.24, 2.45) is 0 Å². The minimum Gasteiger partial charge on any atom is -0.493 e. The van der Waals surface area contributed by atoms with Gasteiger partial charge in [0.25, 0.3) is 0 Å². The van der Waals surface area contributed by atoms with Crippen molar-refractivity contribution in [1.29, 1.82) is 0 Å². The normalized spacial score (nSPS) is 11.4. The topological polar surface area (TPSA) is 72.7 Å². The lowest BCUT2D eigenvalue weighted by molar-refractivity contribution is 0.316. The van der Waals surface area contributed by atoms with E-state index in [9.17, 15) is 0 Å². The average Bonchev–Trinajstić information content (AvgIpc) is 3.28. The number of furan rings is 1. The summed E-state index contributed by atoms with van der Waals surface area (Å²) in [5.41, 5.74) is 2.62. The lowest BCUT2D eigenvalue weighted by Gasteiger charge is -2.18. The maximum Gasteiger partial charge on any atom is 0.222 e. The number of methoxy groups -OCH3 is 2. The van der Waals surface area contributed by atoms with Gasteiger partial charge in [-0.2, -0.15) is 0 Å². The predicted octanol–water partition coefficient (Wildman–Crippen LogP) is 4.81. The Hall–Kier alpha value is -3.32. The molecule has 4 aromatic rings. The molecule has 0 unspecified atom stereocenters. The number of nitrogens with one attached hydrogen (secondary N) is 1. The Morgan fingerprint density at radius 1 is 0.968 bits per heavy atom. The van der Waals surface area contributed by atoms with Gasteiger partial charge in [-0.1, -0.05) is 13.8 Å². The summed E-state index contributed by atoms with van der Waals surface area (Å²) in [6.45, 7) is 8.15. The third kappa shape index (κ3) is 4.14. The molecular weight excluding hydrogens is 392 g/mol. The molecule has 2 aromatic heterocycles. The van der Waals surface area contributed by atoms with E-state index in [1.165, 1.54) is 0 Å². The van der Waals surface area contributed by atoms with Gasteiger partial charge < -0.3 is 24.1 Å². The highest BCUT2D eigenvalue weighted by molar-refractivity contribution is 6.11. The van der Waals surface area contributed by atoms with Gasteiger partial charge in [-0.05, 0) is 48.1 Å². The van der Waals surface area contributed by atoms with Crippen molar-refractivity contribution in [2.75, 3.05) is 45.7 Å². The van der Waals surface area contributed by atoms with Gasteiger partial charge in [-0.15, -0.1) is 0 Å². The van der Waals surface area contributed by atoms with Crippen LogP contribution in [0.4, 0.5) is 5.95 Å². The largest absolute Gasteiger partial charge is 0.493 e. The van der Waals surface area contributed by atoms with E-state index in [-0.39, 0.29) is 0 Å². The molecule has 7 heteroatoms. The van der Waals surface area contributed by atoms with E-state index in [0.29, 0.717) is 17.4 Å². The first-order valence-electron chi connectivity index (χ1n) is 10.5. The number of ether oxygens (including phenoxy) is 2. The predicted molar refractivity (Wildman–Crippen MR) is 124 cm³/mol. The quantitative estimate of drug-likeness (QED) is 0.416. The summed E-state index contributed by atoms with van der Waals surface area (Å²) in [6.07, 6.45) is 5.37. The first-order valence-corrected chi connectivity index (χ1v) is 10.5. The number of likely N-dealkylation sites (N-methyl/N-ethyl adjacent to an activating group) is 1. The molecular formula is C24H28N4O3. The molecule has 0 spiro atoms. The third-order valence-corrected chi connectivity index (χ3v) is 5.60. The highest BCUT2D eigenvalue weighted by atomic mass is 16.5. The van der Waals surface area contributed by atoms with Crippen LogP contribution in [0.5, 0.6) is 11.5 Å². The molecule has 31 heavy (non-hydrogen) atoms.